The van der Waals surface area contributed by atoms with Crippen LogP contribution in [0.5, 0.6) is 0 Å². The van der Waals surface area contributed by atoms with Gasteiger partial charge in [-0.25, -0.2) is 4.98 Å². The summed E-state index contributed by atoms with van der Waals surface area (Å²) in [7, 11) is -0.537. The number of hydrogen-bond acceptors (Lipinski definition) is 4. The van der Waals surface area contributed by atoms with Crippen molar-refractivity contribution in [3.8, 4) is 0 Å². The molecule has 0 aliphatic carbocycles. The van der Waals surface area contributed by atoms with Crippen molar-refractivity contribution in [1.29, 1.82) is 0 Å². The molecule has 0 unspecified atom stereocenters. The van der Waals surface area contributed by atoms with Crippen molar-refractivity contribution < 1.29 is 14.4 Å². The number of nitrogens with one attached hydrogen (secondary N) is 1. The molecule has 0 amide bonds. The summed E-state index contributed by atoms with van der Waals surface area (Å²) in [4.78, 5) is 7.05. The molecular formula is C12H19BN2O3. The number of H-pyrrole nitrogens is 1. The zero-order valence-corrected chi connectivity index (χ0v) is 11.2. The molecule has 2 rings (SSSR count). The number of nitrogens with zero attached hydrogens (tertiary/aromatic N) is 1. The first-order valence-corrected chi connectivity index (χ1v) is 6.02. The highest BCUT2D eigenvalue weighted by molar-refractivity contribution is 6.55. The average Bonchev–Trinajstić information content (AvgIpc) is 2.82. The predicted molar refractivity (Wildman–Crippen MR) is 69.7 cm³/mol. The summed E-state index contributed by atoms with van der Waals surface area (Å²) in [5.41, 5.74) is -0.159. The fourth-order valence-electron chi connectivity index (χ4n) is 1.71. The lowest BCUT2D eigenvalue weighted by atomic mass is 9.78. The Hall–Kier alpha value is -1.11. The highest BCUT2D eigenvalue weighted by Crippen LogP contribution is 2.38. The monoisotopic (exact) mass is 250 g/mol. The fraction of sp³-hybridized carbons (Fsp3) is 0.583. The molecule has 2 heterocycles. The molecule has 1 aliphatic rings. The lowest BCUT2D eigenvalue weighted by molar-refractivity contribution is 0.00578. The molecule has 0 saturated carbocycles. The van der Waals surface area contributed by atoms with E-state index in [9.17, 15) is 5.11 Å². The third kappa shape index (κ3) is 2.36. The van der Waals surface area contributed by atoms with Crippen LogP contribution in [0.1, 0.15) is 33.5 Å². The third-order valence-corrected chi connectivity index (χ3v) is 3.58. The minimum Gasteiger partial charge on any atom is -0.400 e. The maximum absolute atomic E-state index is 9.46. The lowest BCUT2D eigenvalue weighted by Gasteiger charge is -2.32. The molecule has 2 N–H and O–H groups in total. The maximum Gasteiger partial charge on any atom is 0.493 e. The van der Waals surface area contributed by atoms with E-state index in [4.69, 9.17) is 9.31 Å². The molecule has 5 nitrogen and oxygen atoms in total. The Bertz CT molecular complexity index is 424. The van der Waals surface area contributed by atoms with Crippen LogP contribution in [0, 0.1) is 0 Å². The van der Waals surface area contributed by atoms with Crippen LogP contribution in [-0.4, -0.2) is 40.0 Å². The van der Waals surface area contributed by atoms with E-state index in [2.05, 4.69) is 9.97 Å². The number of aromatic nitrogens is 2. The van der Waals surface area contributed by atoms with Crippen LogP contribution in [0.2, 0.25) is 0 Å². The van der Waals surface area contributed by atoms with Crippen LogP contribution in [0.15, 0.2) is 17.9 Å². The van der Waals surface area contributed by atoms with Crippen LogP contribution in [0.3, 0.4) is 0 Å². The van der Waals surface area contributed by atoms with Crippen molar-refractivity contribution >= 4 is 13.2 Å². The molecule has 0 bridgehead atoms. The second-order valence-electron chi connectivity index (χ2n) is 5.44. The molecule has 0 atom stereocenters. The highest BCUT2D eigenvalue weighted by Gasteiger charge is 2.52. The summed E-state index contributed by atoms with van der Waals surface area (Å²) in [5, 5.41) is 9.46. The van der Waals surface area contributed by atoms with E-state index in [1.54, 1.807) is 18.5 Å². The van der Waals surface area contributed by atoms with Crippen molar-refractivity contribution in [3.63, 3.8) is 0 Å². The van der Waals surface area contributed by atoms with Crippen LogP contribution >= 0.6 is 0 Å². The van der Waals surface area contributed by atoms with Crippen LogP contribution in [-0.2, 0) is 9.31 Å². The van der Waals surface area contributed by atoms with Crippen molar-refractivity contribution in [2.45, 2.75) is 38.9 Å². The van der Waals surface area contributed by atoms with Gasteiger partial charge in [0.25, 0.3) is 0 Å². The zero-order valence-electron chi connectivity index (χ0n) is 11.2. The largest absolute Gasteiger partial charge is 0.493 e. The van der Waals surface area contributed by atoms with Gasteiger partial charge in [-0.1, -0.05) is 0 Å². The van der Waals surface area contributed by atoms with Gasteiger partial charge in [-0.05, 0) is 39.2 Å². The molecular weight excluding hydrogens is 231 g/mol. The molecule has 0 spiro atoms. The molecule has 18 heavy (non-hydrogen) atoms. The van der Waals surface area contributed by atoms with E-state index in [1.165, 1.54) is 0 Å². The number of aromatic amines is 1. The van der Waals surface area contributed by atoms with Crippen LogP contribution in [0.25, 0.3) is 6.08 Å². The average molecular weight is 250 g/mol. The summed E-state index contributed by atoms with van der Waals surface area (Å²) >= 11 is 0. The van der Waals surface area contributed by atoms with Gasteiger partial charge in [0.05, 0.1) is 17.8 Å². The Morgan fingerprint density at radius 1 is 1.39 bits per heavy atom. The number of imidazole rings is 1. The van der Waals surface area contributed by atoms with Gasteiger partial charge in [0, 0.05) is 12.4 Å². The molecule has 98 valence electrons. The van der Waals surface area contributed by atoms with Gasteiger partial charge in [0.2, 0.25) is 0 Å². The van der Waals surface area contributed by atoms with Gasteiger partial charge < -0.3 is 19.4 Å². The second kappa shape index (κ2) is 4.53. The molecule has 1 saturated heterocycles. The van der Waals surface area contributed by atoms with E-state index in [1.807, 2.05) is 27.7 Å². The smallest absolute Gasteiger partial charge is 0.400 e. The molecule has 1 aromatic heterocycles. The quantitative estimate of drug-likeness (QED) is 0.796. The third-order valence-electron chi connectivity index (χ3n) is 3.58. The van der Waals surface area contributed by atoms with Gasteiger partial charge in [0.15, 0.2) is 0 Å². The van der Waals surface area contributed by atoms with Crippen molar-refractivity contribution in [2.24, 2.45) is 0 Å². The highest BCUT2D eigenvalue weighted by atomic mass is 16.7. The molecule has 0 aromatic carbocycles. The molecule has 1 aromatic rings. The van der Waals surface area contributed by atoms with Crippen LogP contribution < -0.4 is 0 Å². The van der Waals surface area contributed by atoms with E-state index in [0.717, 1.165) is 0 Å². The Balaban J connectivity index is 2.22. The van der Waals surface area contributed by atoms with Gasteiger partial charge >= 0.3 is 7.12 Å². The number of hydrogen-bond donors (Lipinski definition) is 2. The normalized spacial score (nSPS) is 22.5. The van der Waals surface area contributed by atoms with E-state index < -0.39 is 18.3 Å². The summed E-state index contributed by atoms with van der Waals surface area (Å²) in [6.45, 7) is 7.80. The predicted octanol–water partition coefficient (Wildman–Crippen LogP) is 1.42. The lowest BCUT2D eigenvalue weighted by Crippen LogP contribution is -2.41. The molecule has 6 heteroatoms. The summed E-state index contributed by atoms with van der Waals surface area (Å²) in [6.07, 6.45) is 5.14. The zero-order chi connectivity index (χ0) is 13.4. The second-order valence-corrected chi connectivity index (χ2v) is 5.44. The van der Waals surface area contributed by atoms with Gasteiger partial charge in [-0.3, -0.25) is 0 Å². The molecule has 1 aliphatic heterocycles. The van der Waals surface area contributed by atoms with Crippen molar-refractivity contribution in [1.82, 2.24) is 9.97 Å². The summed E-state index contributed by atoms with van der Waals surface area (Å²) < 4.78 is 11.7. The summed E-state index contributed by atoms with van der Waals surface area (Å²) in [6, 6.07) is 0. The fourth-order valence-corrected chi connectivity index (χ4v) is 1.71. The minimum atomic E-state index is -0.537. The number of rotatable bonds is 3. The first-order chi connectivity index (χ1) is 8.36. The first-order valence-electron chi connectivity index (χ1n) is 6.02. The number of aliphatic hydroxyl groups is 1. The Labute approximate surface area is 107 Å². The Kier molecular flexibility index (Phi) is 3.36. The van der Waals surface area contributed by atoms with E-state index in [0.29, 0.717) is 11.3 Å². The SMILES string of the molecule is CC1(C)OB(C(=Cc2ncc[nH]2)CO)OC1(C)C. The topological polar surface area (TPSA) is 67.4 Å². The van der Waals surface area contributed by atoms with Crippen molar-refractivity contribution in [3.05, 3.63) is 23.7 Å². The standard InChI is InChI=1S/C12H19BN2O3/c1-11(2)12(3,4)18-13(17-11)9(8-16)7-10-14-5-6-15-10/h5-7,16H,8H2,1-4H3,(H,14,15). The first kappa shape index (κ1) is 13.3. The van der Waals surface area contributed by atoms with E-state index in [-0.39, 0.29) is 6.61 Å². The number of aliphatic hydroxyl groups excluding tert-OH is 1. The van der Waals surface area contributed by atoms with Gasteiger partial charge in [-0.2, -0.15) is 0 Å². The summed E-state index contributed by atoms with van der Waals surface area (Å²) in [5.74, 6) is 0.675. The maximum atomic E-state index is 9.46. The van der Waals surface area contributed by atoms with Gasteiger partial charge in [-0.15, -0.1) is 0 Å². The van der Waals surface area contributed by atoms with Gasteiger partial charge in [0.1, 0.15) is 5.82 Å². The molecule has 0 radical (unpaired) electrons. The van der Waals surface area contributed by atoms with Crippen LogP contribution in [0.4, 0.5) is 0 Å². The Morgan fingerprint density at radius 2 is 2.00 bits per heavy atom. The minimum absolute atomic E-state index is 0.127. The molecule has 1 fully saturated rings. The Morgan fingerprint density at radius 3 is 2.44 bits per heavy atom. The van der Waals surface area contributed by atoms with Crippen molar-refractivity contribution in [2.75, 3.05) is 6.61 Å². The van der Waals surface area contributed by atoms with E-state index >= 15 is 0 Å².